The van der Waals surface area contributed by atoms with Crippen molar-refractivity contribution in [2.45, 2.75) is 25.1 Å². The van der Waals surface area contributed by atoms with E-state index >= 15 is 0 Å². The monoisotopic (exact) mass is 237 g/mol. The van der Waals surface area contributed by atoms with Gasteiger partial charge in [-0.1, -0.05) is 0 Å². The second-order valence-corrected chi connectivity index (χ2v) is 6.44. The molecule has 0 aliphatic carbocycles. The highest BCUT2D eigenvalue weighted by Gasteiger charge is 2.18. The predicted molar refractivity (Wildman–Crippen MR) is 54.5 cm³/mol. The Morgan fingerprint density at radius 3 is 2.64 bits per heavy atom. The van der Waals surface area contributed by atoms with Crippen LogP contribution in [-0.4, -0.2) is 18.2 Å². The normalized spacial score (nSPS) is 14.2. The Morgan fingerprint density at radius 2 is 2.21 bits per heavy atom. The van der Waals surface area contributed by atoms with Gasteiger partial charge in [0.05, 0.1) is 18.8 Å². The Labute approximate surface area is 88.5 Å². The first-order valence-corrected chi connectivity index (χ1v) is 6.71. The first-order chi connectivity index (χ1) is 6.39. The lowest BCUT2D eigenvalue weighted by atomic mass is 10.3. The Kier molecular flexibility index (Phi) is 3.55. The van der Waals surface area contributed by atoms with Gasteiger partial charge in [-0.25, -0.2) is 17.6 Å². The molecule has 0 aromatic carbocycles. The molecule has 0 bridgehead atoms. The summed E-state index contributed by atoms with van der Waals surface area (Å²) in [5, 5.41) is -0.503. The third-order valence-corrected chi connectivity index (χ3v) is 4.21. The summed E-state index contributed by atoms with van der Waals surface area (Å²) in [7, 11) is 3.71. The van der Waals surface area contributed by atoms with Crippen molar-refractivity contribution in [2.24, 2.45) is 7.05 Å². The van der Waals surface area contributed by atoms with E-state index in [-0.39, 0.29) is 0 Å². The summed E-state index contributed by atoms with van der Waals surface area (Å²) in [6.07, 6.45) is 6.22. The SMILES string of the molecule is CC(CCn1cc[n+](C)c1)S(=O)(=O)Cl. The smallest absolute Gasteiger partial charge is 0.240 e. The van der Waals surface area contributed by atoms with Crippen LogP contribution in [0.2, 0.25) is 0 Å². The van der Waals surface area contributed by atoms with E-state index in [1.54, 1.807) is 6.92 Å². The quantitative estimate of drug-likeness (QED) is 0.571. The second kappa shape index (κ2) is 4.31. The number of rotatable bonds is 4. The average Bonchev–Trinajstić information content (AvgIpc) is 2.45. The molecule has 1 unspecified atom stereocenters. The van der Waals surface area contributed by atoms with Gasteiger partial charge in [0.25, 0.3) is 0 Å². The number of nitrogens with zero attached hydrogens (tertiary/aromatic N) is 2. The zero-order valence-corrected chi connectivity index (χ0v) is 9.79. The average molecular weight is 238 g/mol. The standard InChI is InChI=1S/C8H14ClN2O2S/c1-8(14(9,12)13)3-4-11-6-5-10(2)7-11/h5-8H,3-4H2,1-2H3/q+1. The van der Waals surface area contributed by atoms with Gasteiger partial charge >= 0.3 is 0 Å². The van der Waals surface area contributed by atoms with Crippen LogP contribution in [0.15, 0.2) is 18.7 Å². The van der Waals surface area contributed by atoms with Crippen molar-refractivity contribution in [1.82, 2.24) is 4.57 Å². The highest BCUT2D eigenvalue weighted by molar-refractivity contribution is 8.14. The molecule has 14 heavy (non-hydrogen) atoms. The molecule has 1 rings (SSSR count). The number of hydrogen-bond acceptors (Lipinski definition) is 2. The van der Waals surface area contributed by atoms with Gasteiger partial charge in [0.2, 0.25) is 15.4 Å². The predicted octanol–water partition coefficient (Wildman–Crippen LogP) is 0.660. The number of aryl methyl sites for hydroxylation is 2. The summed E-state index contributed by atoms with van der Waals surface area (Å²) >= 11 is 0. The Hall–Kier alpha value is -0.550. The summed E-state index contributed by atoms with van der Waals surface area (Å²) in [6, 6.07) is 0. The first-order valence-electron chi connectivity index (χ1n) is 4.34. The van der Waals surface area contributed by atoms with Crippen molar-refractivity contribution < 1.29 is 13.0 Å². The van der Waals surface area contributed by atoms with Crippen molar-refractivity contribution in [3.05, 3.63) is 18.7 Å². The van der Waals surface area contributed by atoms with Gasteiger partial charge in [-0.3, -0.25) is 0 Å². The van der Waals surface area contributed by atoms with Crippen molar-refractivity contribution in [3.63, 3.8) is 0 Å². The highest BCUT2D eigenvalue weighted by atomic mass is 35.7. The van der Waals surface area contributed by atoms with Crippen LogP contribution in [0.5, 0.6) is 0 Å². The number of imidazole rings is 1. The molecule has 6 heteroatoms. The molecule has 0 spiro atoms. The highest BCUT2D eigenvalue weighted by Crippen LogP contribution is 2.11. The fraction of sp³-hybridized carbons (Fsp3) is 0.625. The molecule has 0 aliphatic rings. The van der Waals surface area contributed by atoms with E-state index in [1.807, 2.05) is 34.9 Å². The zero-order chi connectivity index (χ0) is 10.8. The summed E-state index contributed by atoms with van der Waals surface area (Å²) in [6.45, 7) is 2.28. The van der Waals surface area contributed by atoms with E-state index < -0.39 is 14.3 Å². The minimum absolute atomic E-state index is 0.503. The van der Waals surface area contributed by atoms with Gasteiger partial charge in [-0.05, 0) is 6.92 Å². The van der Waals surface area contributed by atoms with Crippen molar-refractivity contribution in [3.8, 4) is 0 Å². The van der Waals surface area contributed by atoms with E-state index in [4.69, 9.17) is 10.7 Å². The molecular formula is C8H14ClN2O2S+. The molecule has 4 nitrogen and oxygen atoms in total. The maximum atomic E-state index is 10.9. The molecule has 80 valence electrons. The molecule has 1 aromatic heterocycles. The number of hydrogen-bond donors (Lipinski definition) is 0. The third-order valence-electron chi connectivity index (χ3n) is 2.10. The van der Waals surface area contributed by atoms with Crippen molar-refractivity contribution in [2.75, 3.05) is 0 Å². The maximum absolute atomic E-state index is 10.9. The van der Waals surface area contributed by atoms with Gasteiger partial charge in [0.1, 0.15) is 12.4 Å². The van der Waals surface area contributed by atoms with Crippen LogP contribution in [0.25, 0.3) is 0 Å². The minimum Gasteiger partial charge on any atom is -0.240 e. The van der Waals surface area contributed by atoms with Crippen LogP contribution in [0.3, 0.4) is 0 Å². The lowest BCUT2D eigenvalue weighted by Crippen LogP contribution is -2.24. The molecule has 0 saturated carbocycles. The largest absolute Gasteiger partial charge is 0.243 e. The van der Waals surface area contributed by atoms with Crippen LogP contribution in [0, 0.1) is 0 Å². The van der Waals surface area contributed by atoms with Gasteiger partial charge in [-0.15, -0.1) is 0 Å². The molecule has 0 fully saturated rings. The summed E-state index contributed by atoms with van der Waals surface area (Å²) < 4.78 is 25.6. The Balaban J connectivity index is 2.50. The van der Waals surface area contributed by atoms with E-state index in [1.165, 1.54) is 0 Å². The van der Waals surface area contributed by atoms with E-state index in [9.17, 15) is 8.42 Å². The van der Waals surface area contributed by atoms with Crippen LogP contribution in [0.4, 0.5) is 0 Å². The van der Waals surface area contributed by atoms with Gasteiger partial charge in [0.15, 0.2) is 0 Å². The fourth-order valence-corrected chi connectivity index (χ4v) is 1.76. The Morgan fingerprint density at radius 1 is 1.57 bits per heavy atom. The summed E-state index contributed by atoms with van der Waals surface area (Å²) in [5.74, 6) is 0. The van der Waals surface area contributed by atoms with Crippen molar-refractivity contribution >= 4 is 19.7 Å². The molecular weight excluding hydrogens is 224 g/mol. The molecule has 0 saturated heterocycles. The second-order valence-electron chi connectivity index (χ2n) is 3.39. The van der Waals surface area contributed by atoms with E-state index in [2.05, 4.69) is 0 Å². The molecule has 0 aliphatic heterocycles. The lowest BCUT2D eigenvalue weighted by Gasteiger charge is -2.04. The van der Waals surface area contributed by atoms with Crippen LogP contribution in [0.1, 0.15) is 13.3 Å². The topological polar surface area (TPSA) is 43.0 Å². The Bertz CT molecular complexity index is 399. The van der Waals surface area contributed by atoms with E-state index in [0.717, 1.165) is 0 Å². The van der Waals surface area contributed by atoms with Gasteiger partial charge in [-0.2, -0.15) is 0 Å². The summed E-state index contributed by atoms with van der Waals surface area (Å²) in [4.78, 5) is 0. The van der Waals surface area contributed by atoms with Crippen LogP contribution < -0.4 is 4.57 Å². The third kappa shape index (κ3) is 3.31. The van der Waals surface area contributed by atoms with E-state index in [0.29, 0.717) is 13.0 Å². The molecule has 1 aromatic rings. The maximum Gasteiger partial charge on any atom is 0.243 e. The molecule has 0 N–H and O–H groups in total. The number of aromatic nitrogens is 2. The van der Waals surface area contributed by atoms with Gasteiger partial charge in [0, 0.05) is 17.1 Å². The van der Waals surface area contributed by atoms with Crippen molar-refractivity contribution in [1.29, 1.82) is 0 Å². The molecule has 1 heterocycles. The van der Waals surface area contributed by atoms with Gasteiger partial charge < -0.3 is 0 Å². The first kappa shape index (κ1) is 11.5. The minimum atomic E-state index is -3.41. The molecule has 1 atom stereocenters. The molecule has 0 radical (unpaired) electrons. The fourth-order valence-electron chi connectivity index (χ4n) is 1.11. The molecule has 0 amide bonds. The van der Waals surface area contributed by atoms with Crippen LogP contribution >= 0.6 is 10.7 Å². The number of halogens is 1. The zero-order valence-electron chi connectivity index (χ0n) is 8.22. The lowest BCUT2D eigenvalue weighted by molar-refractivity contribution is -0.671. The van der Waals surface area contributed by atoms with Crippen LogP contribution in [-0.2, 0) is 22.6 Å². The summed E-state index contributed by atoms with van der Waals surface area (Å²) in [5.41, 5.74) is 0.